The molecule has 0 spiro atoms. The van der Waals surface area contributed by atoms with Crippen molar-refractivity contribution in [1.82, 2.24) is 5.32 Å². The van der Waals surface area contributed by atoms with Crippen molar-refractivity contribution in [2.24, 2.45) is 5.73 Å². The summed E-state index contributed by atoms with van der Waals surface area (Å²) in [5.41, 5.74) is 7.57. The molecule has 114 valence electrons. The first-order valence-electron chi connectivity index (χ1n) is 7.75. The highest BCUT2D eigenvalue weighted by Crippen LogP contribution is 2.05. The Hall–Kier alpha value is -1.28. The Balaban J connectivity index is 3.77. The molecule has 0 aliphatic rings. The van der Waals surface area contributed by atoms with E-state index in [0.29, 0.717) is 6.54 Å². The highest BCUT2D eigenvalue weighted by atomic mass is 14.9. The quantitative estimate of drug-likeness (QED) is 0.314. The average molecular weight is 276 g/mol. The Kier molecular flexibility index (Phi) is 11.9. The lowest BCUT2D eigenvalue weighted by atomic mass is 10.1. The molecule has 2 heteroatoms. The molecule has 0 aromatic carbocycles. The molecule has 0 aromatic rings. The van der Waals surface area contributed by atoms with Gasteiger partial charge in [-0.25, -0.2) is 0 Å². The zero-order chi connectivity index (χ0) is 15.2. The number of nitrogens with one attached hydrogen (secondary N) is 1. The number of hydrogen-bond donors (Lipinski definition) is 2. The van der Waals surface area contributed by atoms with E-state index in [0.717, 1.165) is 17.7 Å². The van der Waals surface area contributed by atoms with E-state index in [-0.39, 0.29) is 6.04 Å². The van der Waals surface area contributed by atoms with Crippen molar-refractivity contribution in [2.45, 2.75) is 58.4 Å². The van der Waals surface area contributed by atoms with Crippen LogP contribution in [0.4, 0.5) is 0 Å². The summed E-state index contributed by atoms with van der Waals surface area (Å²) in [5.74, 6) is 0. The first-order valence-corrected chi connectivity index (χ1v) is 7.75. The van der Waals surface area contributed by atoms with Crippen LogP contribution in [0, 0.1) is 0 Å². The van der Waals surface area contributed by atoms with Crippen molar-refractivity contribution >= 4 is 0 Å². The van der Waals surface area contributed by atoms with Crippen molar-refractivity contribution in [3.8, 4) is 0 Å². The molecule has 3 N–H and O–H groups in total. The zero-order valence-electron chi connectivity index (χ0n) is 13.3. The molecule has 0 aliphatic carbocycles. The average Bonchev–Trinajstić information content (AvgIpc) is 2.42. The molecule has 2 nitrogen and oxygen atoms in total. The maximum atomic E-state index is 5.66. The molecular formula is C18H32N2. The number of rotatable bonds is 12. The van der Waals surface area contributed by atoms with E-state index in [9.17, 15) is 0 Å². The minimum Gasteiger partial charge on any atom is -0.378 e. The fraction of sp³-hybridized carbons (Fsp3) is 0.556. The van der Waals surface area contributed by atoms with Gasteiger partial charge in [0.2, 0.25) is 0 Å². The predicted octanol–water partition coefficient (Wildman–Crippen LogP) is 4.47. The summed E-state index contributed by atoms with van der Waals surface area (Å²) in [6, 6.07) is 0.106. The van der Waals surface area contributed by atoms with Gasteiger partial charge in [0.1, 0.15) is 0 Å². The lowest BCUT2D eigenvalue weighted by Gasteiger charge is -2.17. The van der Waals surface area contributed by atoms with Gasteiger partial charge in [-0.2, -0.15) is 0 Å². The third-order valence-corrected chi connectivity index (χ3v) is 3.21. The Morgan fingerprint density at radius 1 is 1.15 bits per heavy atom. The molecule has 20 heavy (non-hydrogen) atoms. The normalized spacial score (nSPS) is 12.9. The third kappa shape index (κ3) is 10.6. The summed E-state index contributed by atoms with van der Waals surface area (Å²) in [5, 5.41) is 3.25. The predicted molar refractivity (Wildman–Crippen MR) is 91.6 cm³/mol. The van der Waals surface area contributed by atoms with Gasteiger partial charge in [-0.1, -0.05) is 69.6 Å². The van der Waals surface area contributed by atoms with Crippen molar-refractivity contribution in [3.63, 3.8) is 0 Å². The summed E-state index contributed by atoms with van der Waals surface area (Å²) in [6.07, 6.45) is 16.1. The summed E-state index contributed by atoms with van der Waals surface area (Å²) in [6.45, 7) is 12.6. The standard InChI is InChI=1S/C18H32N2/c1-5-6-7-8-9-10-11-12-13-14-17(4)20-18(15-19)16(2)3/h11-14,18,20H,2,4-10,15,19H2,1,3H3/b12-11+,14-13+. The summed E-state index contributed by atoms with van der Waals surface area (Å²) in [4.78, 5) is 0. The summed E-state index contributed by atoms with van der Waals surface area (Å²) < 4.78 is 0. The van der Waals surface area contributed by atoms with Gasteiger partial charge in [0.05, 0.1) is 6.04 Å². The van der Waals surface area contributed by atoms with Crippen LogP contribution in [0.2, 0.25) is 0 Å². The second-order valence-corrected chi connectivity index (χ2v) is 5.29. The molecule has 0 heterocycles. The fourth-order valence-corrected chi connectivity index (χ4v) is 1.87. The number of unbranched alkanes of at least 4 members (excludes halogenated alkanes) is 5. The van der Waals surface area contributed by atoms with Crippen LogP contribution >= 0.6 is 0 Å². The van der Waals surface area contributed by atoms with E-state index >= 15 is 0 Å². The summed E-state index contributed by atoms with van der Waals surface area (Å²) in [7, 11) is 0. The maximum Gasteiger partial charge on any atom is 0.0590 e. The number of allylic oxidation sites excluding steroid dienone is 4. The van der Waals surface area contributed by atoms with Crippen molar-refractivity contribution in [3.05, 3.63) is 48.7 Å². The van der Waals surface area contributed by atoms with Gasteiger partial charge < -0.3 is 11.1 Å². The van der Waals surface area contributed by atoms with E-state index < -0.39 is 0 Å². The Bertz CT molecular complexity index is 326. The van der Waals surface area contributed by atoms with Crippen LogP contribution in [0.25, 0.3) is 0 Å². The van der Waals surface area contributed by atoms with E-state index in [2.05, 4.69) is 37.6 Å². The number of hydrogen-bond acceptors (Lipinski definition) is 2. The number of nitrogens with two attached hydrogens (primary N) is 1. The van der Waals surface area contributed by atoms with E-state index in [1.54, 1.807) is 0 Å². The van der Waals surface area contributed by atoms with Crippen LogP contribution in [0.5, 0.6) is 0 Å². The monoisotopic (exact) mass is 276 g/mol. The van der Waals surface area contributed by atoms with Gasteiger partial charge in [-0.3, -0.25) is 0 Å². The van der Waals surface area contributed by atoms with Gasteiger partial charge in [0.15, 0.2) is 0 Å². The highest BCUT2D eigenvalue weighted by molar-refractivity contribution is 5.20. The van der Waals surface area contributed by atoms with Crippen molar-refractivity contribution in [2.75, 3.05) is 6.54 Å². The molecule has 1 unspecified atom stereocenters. The first-order chi connectivity index (χ1) is 9.61. The maximum absolute atomic E-state index is 5.66. The van der Waals surface area contributed by atoms with Crippen molar-refractivity contribution < 1.29 is 0 Å². The molecule has 0 rings (SSSR count). The summed E-state index contributed by atoms with van der Waals surface area (Å²) >= 11 is 0. The second-order valence-electron chi connectivity index (χ2n) is 5.29. The Morgan fingerprint density at radius 3 is 2.45 bits per heavy atom. The molecular weight excluding hydrogens is 244 g/mol. The van der Waals surface area contributed by atoms with Gasteiger partial charge in [0, 0.05) is 12.2 Å². The molecule has 0 fully saturated rings. The molecule has 0 saturated heterocycles. The van der Waals surface area contributed by atoms with E-state index in [4.69, 9.17) is 5.73 Å². The lowest BCUT2D eigenvalue weighted by Crippen LogP contribution is -2.35. The third-order valence-electron chi connectivity index (χ3n) is 3.21. The Morgan fingerprint density at radius 2 is 1.85 bits per heavy atom. The van der Waals surface area contributed by atoms with E-state index in [1.807, 2.05) is 19.1 Å². The van der Waals surface area contributed by atoms with Gasteiger partial charge in [-0.05, 0) is 25.8 Å². The Labute approximate surface area is 125 Å². The minimum absolute atomic E-state index is 0.106. The van der Waals surface area contributed by atoms with Crippen LogP contribution in [-0.4, -0.2) is 12.6 Å². The SMILES string of the molecule is C=C(/C=C/C=C/CCCCCCC)NC(CN)C(=C)C. The zero-order valence-corrected chi connectivity index (χ0v) is 13.3. The topological polar surface area (TPSA) is 38.0 Å². The molecule has 0 amide bonds. The van der Waals surface area contributed by atoms with Crippen LogP contribution in [0.3, 0.4) is 0 Å². The first kappa shape index (κ1) is 18.7. The van der Waals surface area contributed by atoms with Crippen LogP contribution in [0.1, 0.15) is 52.4 Å². The largest absolute Gasteiger partial charge is 0.378 e. The lowest BCUT2D eigenvalue weighted by molar-refractivity contribution is 0.637. The van der Waals surface area contributed by atoms with E-state index in [1.165, 1.54) is 32.1 Å². The van der Waals surface area contributed by atoms with Crippen LogP contribution in [-0.2, 0) is 0 Å². The van der Waals surface area contributed by atoms with Crippen LogP contribution in [0.15, 0.2) is 48.7 Å². The van der Waals surface area contributed by atoms with Gasteiger partial charge in [-0.15, -0.1) is 0 Å². The molecule has 1 atom stereocenters. The fourth-order valence-electron chi connectivity index (χ4n) is 1.87. The van der Waals surface area contributed by atoms with Gasteiger partial charge in [0.25, 0.3) is 0 Å². The van der Waals surface area contributed by atoms with Crippen LogP contribution < -0.4 is 11.1 Å². The van der Waals surface area contributed by atoms with Gasteiger partial charge >= 0.3 is 0 Å². The molecule has 0 bridgehead atoms. The second kappa shape index (κ2) is 12.7. The smallest absolute Gasteiger partial charge is 0.0590 e. The van der Waals surface area contributed by atoms with Crippen molar-refractivity contribution in [1.29, 1.82) is 0 Å². The molecule has 0 aliphatic heterocycles. The molecule has 0 radical (unpaired) electrons. The molecule has 0 saturated carbocycles. The molecule has 0 aromatic heterocycles. The minimum atomic E-state index is 0.106. The highest BCUT2D eigenvalue weighted by Gasteiger charge is 2.04.